The summed E-state index contributed by atoms with van der Waals surface area (Å²) >= 11 is 0. The molecule has 0 bridgehead atoms. The Kier molecular flexibility index (Phi) is 6.15. The van der Waals surface area contributed by atoms with Gasteiger partial charge in [-0.2, -0.15) is 0 Å². The van der Waals surface area contributed by atoms with Gasteiger partial charge < -0.3 is 9.64 Å². The molecule has 1 aliphatic rings. The third-order valence-electron chi connectivity index (χ3n) is 3.52. The van der Waals surface area contributed by atoms with Gasteiger partial charge in [-0.05, 0) is 36.6 Å². The number of amides is 1. The summed E-state index contributed by atoms with van der Waals surface area (Å²) in [6, 6.07) is 6.40. The van der Waals surface area contributed by atoms with Crippen LogP contribution in [0.15, 0.2) is 29.2 Å². The first-order valence-corrected chi connectivity index (χ1v) is 9.36. The number of hydrogen-bond donors (Lipinski definition) is 1. The van der Waals surface area contributed by atoms with E-state index in [9.17, 15) is 13.2 Å². The van der Waals surface area contributed by atoms with Crippen LogP contribution in [0.2, 0.25) is 0 Å². The monoisotopic (exact) mass is 340 g/mol. The third-order valence-corrected chi connectivity index (χ3v) is 5.00. The van der Waals surface area contributed by atoms with E-state index in [0.29, 0.717) is 32.1 Å². The average Bonchev–Trinajstić information content (AvgIpc) is 2.93. The molecule has 0 spiro atoms. The predicted molar refractivity (Wildman–Crippen MR) is 88.9 cm³/mol. The highest BCUT2D eigenvalue weighted by Gasteiger charge is 2.22. The minimum Gasteiger partial charge on any atom is -0.380 e. The standard InChI is InChI=1S/C16H24N2O4S/c1-13(2)12-22-11-9-17-23(20,21)15-7-5-14(6-8-15)18-10-3-4-16(18)19/h5-8,13,17H,3-4,9-12H2,1-2H3. The van der Waals surface area contributed by atoms with E-state index >= 15 is 0 Å². The van der Waals surface area contributed by atoms with Crippen LogP contribution < -0.4 is 9.62 Å². The molecule has 2 rings (SSSR count). The number of carbonyl (C=O) groups excluding carboxylic acids is 1. The number of rotatable bonds is 8. The summed E-state index contributed by atoms with van der Waals surface area (Å²) in [6.45, 7) is 5.96. The van der Waals surface area contributed by atoms with Crippen LogP contribution >= 0.6 is 0 Å². The van der Waals surface area contributed by atoms with Crippen molar-refractivity contribution >= 4 is 21.6 Å². The van der Waals surface area contributed by atoms with Gasteiger partial charge in [0.25, 0.3) is 0 Å². The van der Waals surface area contributed by atoms with E-state index in [0.717, 1.165) is 12.1 Å². The number of anilines is 1. The fraction of sp³-hybridized carbons (Fsp3) is 0.562. The molecule has 1 aromatic carbocycles. The Labute approximate surface area is 137 Å². The van der Waals surface area contributed by atoms with Gasteiger partial charge in [0.15, 0.2) is 0 Å². The van der Waals surface area contributed by atoms with Crippen LogP contribution in [0, 0.1) is 5.92 Å². The van der Waals surface area contributed by atoms with Gasteiger partial charge in [-0.1, -0.05) is 13.8 Å². The highest BCUT2D eigenvalue weighted by Crippen LogP contribution is 2.22. The second-order valence-electron chi connectivity index (χ2n) is 6.01. The van der Waals surface area contributed by atoms with Crippen molar-refractivity contribution in [2.24, 2.45) is 5.92 Å². The van der Waals surface area contributed by atoms with Gasteiger partial charge in [0.2, 0.25) is 15.9 Å². The fourth-order valence-electron chi connectivity index (χ4n) is 2.38. The second-order valence-corrected chi connectivity index (χ2v) is 7.78. The van der Waals surface area contributed by atoms with Crippen molar-refractivity contribution in [3.8, 4) is 0 Å². The molecule has 7 heteroatoms. The Balaban J connectivity index is 1.91. The van der Waals surface area contributed by atoms with Crippen LogP contribution in [0.1, 0.15) is 26.7 Å². The van der Waals surface area contributed by atoms with Gasteiger partial charge in [-0.15, -0.1) is 0 Å². The highest BCUT2D eigenvalue weighted by atomic mass is 32.2. The van der Waals surface area contributed by atoms with Crippen LogP contribution in [0.5, 0.6) is 0 Å². The molecule has 0 atom stereocenters. The van der Waals surface area contributed by atoms with Crippen molar-refractivity contribution in [1.82, 2.24) is 4.72 Å². The van der Waals surface area contributed by atoms with Crippen molar-refractivity contribution in [3.63, 3.8) is 0 Å². The Bertz CT molecular complexity index is 626. The molecule has 1 saturated heterocycles. The molecular weight excluding hydrogens is 316 g/mol. The predicted octanol–water partition coefficient (Wildman–Crippen LogP) is 1.76. The van der Waals surface area contributed by atoms with Gasteiger partial charge in [0.05, 0.1) is 11.5 Å². The van der Waals surface area contributed by atoms with E-state index in [4.69, 9.17) is 4.74 Å². The van der Waals surface area contributed by atoms with E-state index in [2.05, 4.69) is 4.72 Å². The zero-order valence-electron chi connectivity index (χ0n) is 13.6. The highest BCUT2D eigenvalue weighted by molar-refractivity contribution is 7.89. The van der Waals surface area contributed by atoms with Crippen LogP contribution in [-0.2, 0) is 19.6 Å². The molecule has 1 N–H and O–H groups in total. The quantitative estimate of drug-likeness (QED) is 0.732. The number of ether oxygens (including phenoxy) is 1. The number of nitrogens with one attached hydrogen (secondary N) is 1. The summed E-state index contributed by atoms with van der Waals surface area (Å²) in [6.07, 6.45) is 1.40. The average molecular weight is 340 g/mol. The molecule has 1 heterocycles. The molecule has 128 valence electrons. The Morgan fingerprint density at radius 3 is 2.52 bits per heavy atom. The lowest BCUT2D eigenvalue weighted by atomic mass is 10.2. The summed E-state index contributed by atoms with van der Waals surface area (Å²) in [5.74, 6) is 0.508. The molecule has 0 aromatic heterocycles. The van der Waals surface area contributed by atoms with Crippen LogP contribution in [-0.4, -0.2) is 40.6 Å². The number of benzene rings is 1. The molecule has 1 aliphatic heterocycles. The molecular formula is C16H24N2O4S. The second kappa shape index (κ2) is 7.90. The molecule has 0 radical (unpaired) electrons. The summed E-state index contributed by atoms with van der Waals surface area (Å²) in [5, 5.41) is 0. The number of hydrogen-bond acceptors (Lipinski definition) is 4. The normalized spacial score (nSPS) is 15.6. The van der Waals surface area contributed by atoms with Crippen LogP contribution in [0.3, 0.4) is 0 Å². The molecule has 1 fully saturated rings. The summed E-state index contributed by atoms with van der Waals surface area (Å²) in [5.41, 5.74) is 0.742. The number of nitrogens with zero attached hydrogens (tertiary/aromatic N) is 1. The minimum absolute atomic E-state index is 0.0843. The van der Waals surface area contributed by atoms with Gasteiger partial charge >= 0.3 is 0 Å². The van der Waals surface area contributed by atoms with Gasteiger partial charge in [-0.3, -0.25) is 4.79 Å². The first-order valence-electron chi connectivity index (χ1n) is 7.88. The van der Waals surface area contributed by atoms with E-state index in [-0.39, 0.29) is 17.3 Å². The van der Waals surface area contributed by atoms with Crippen molar-refractivity contribution in [2.45, 2.75) is 31.6 Å². The van der Waals surface area contributed by atoms with Crippen molar-refractivity contribution < 1.29 is 17.9 Å². The number of sulfonamides is 1. The van der Waals surface area contributed by atoms with E-state index in [1.54, 1.807) is 17.0 Å². The van der Waals surface area contributed by atoms with Gasteiger partial charge in [0, 0.05) is 31.8 Å². The van der Waals surface area contributed by atoms with Gasteiger partial charge in [-0.25, -0.2) is 13.1 Å². The lowest BCUT2D eigenvalue weighted by Crippen LogP contribution is -2.28. The van der Waals surface area contributed by atoms with Gasteiger partial charge in [0.1, 0.15) is 0 Å². The lowest BCUT2D eigenvalue weighted by molar-refractivity contribution is -0.117. The minimum atomic E-state index is -3.55. The molecule has 1 aromatic rings. The maximum atomic E-state index is 12.2. The van der Waals surface area contributed by atoms with Crippen LogP contribution in [0.4, 0.5) is 5.69 Å². The summed E-state index contributed by atoms with van der Waals surface area (Å²) < 4.78 is 32.2. The van der Waals surface area contributed by atoms with Crippen molar-refractivity contribution in [1.29, 1.82) is 0 Å². The first-order chi connectivity index (χ1) is 10.9. The SMILES string of the molecule is CC(C)COCCNS(=O)(=O)c1ccc(N2CCCC2=O)cc1. The molecule has 6 nitrogen and oxygen atoms in total. The van der Waals surface area contributed by atoms with Crippen molar-refractivity contribution in [3.05, 3.63) is 24.3 Å². The Hall–Kier alpha value is -1.44. The molecule has 23 heavy (non-hydrogen) atoms. The van der Waals surface area contributed by atoms with E-state index in [1.165, 1.54) is 12.1 Å². The third kappa shape index (κ3) is 5.02. The van der Waals surface area contributed by atoms with E-state index in [1.807, 2.05) is 13.8 Å². The molecule has 0 unspecified atom stereocenters. The molecule has 1 amide bonds. The summed E-state index contributed by atoms with van der Waals surface area (Å²) in [4.78, 5) is 13.6. The maximum absolute atomic E-state index is 12.2. The smallest absolute Gasteiger partial charge is 0.240 e. The Morgan fingerprint density at radius 2 is 1.96 bits per heavy atom. The Morgan fingerprint density at radius 1 is 1.26 bits per heavy atom. The fourth-order valence-corrected chi connectivity index (χ4v) is 3.39. The molecule has 0 aliphatic carbocycles. The van der Waals surface area contributed by atoms with E-state index < -0.39 is 10.0 Å². The zero-order chi connectivity index (χ0) is 16.9. The maximum Gasteiger partial charge on any atom is 0.240 e. The van der Waals surface area contributed by atoms with Crippen LogP contribution in [0.25, 0.3) is 0 Å². The van der Waals surface area contributed by atoms with Crippen molar-refractivity contribution in [2.75, 3.05) is 31.2 Å². The lowest BCUT2D eigenvalue weighted by Gasteiger charge is -2.16. The number of carbonyl (C=O) groups is 1. The first kappa shape index (κ1) is 17.9. The molecule has 0 saturated carbocycles. The summed E-state index contributed by atoms with van der Waals surface area (Å²) in [7, 11) is -3.55. The topological polar surface area (TPSA) is 75.7 Å². The zero-order valence-corrected chi connectivity index (χ0v) is 14.4. The largest absolute Gasteiger partial charge is 0.380 e.